The number of Topliss-reactive ketones (excluding diaryl/α,β-unsaturated/α-hetero) is 1. The molecule has 1 aromatic carbocycles. The second-order valence-corrected chi connectivity index (χ2v) is 3.37. The summed E-state index contributed by atoms with van der Waals surface area (Å²) < 4.78 is 29.8. The molecular formula is C10H6ClF2NO2. The number of oxazole rings is 1. The summed E-state index contributed by atoms with van der Waals surface area (Å²) in [5, 5.41) is 0. The minimum absolute atomic E-state index is 0.156. The second-order valence-electron chi connectivity index (χ2n) is 3.10. The second kappa shape index (κ2) is 4.17. The molecule has 0 aliphatic rings. The van der Waals surface area contributed by atoms with Crippen molar-refractivity contribution in [3.05, 3.63) is 29.7 Å². The smallest absolute Gasteiger partial charge is 0.265 e. The van der Waals surface area contributed by atoms with Gasteiger partial charge in [-0.3, -0.25) is 4.79 Å². The Kier molecular flexibility index (Phi) is 2.87. The molecule has 0 bridgehead atoms. The van der Waals surface area contributed by atoms with E-state index in [0.29, 0.717) is 0 Å². The summed E-state index contributed by atoms with van der Waals surface area (Å²) in [6.07, 6.45) is -2.58. The fourth-order valence-electron chi connectivity index (χ4n) is 1.26. The normalized spacial score (nSPS) is 11.2. The van der Waals surface area contributed by atoms with Gasteiger partial charge in [-0.15, -0.1) is 11.6 Å². The number of carbonyl (C=O) groups is 1. The van der Waals surface area contributed by atoms with E-state index >= 15 is 0 Å². The Balaban J connectivity index is 2.50. The number of ketones is 1. The molecule has 0 aliphatic heterocycles. The molecule has 16 heavy (non-hydrogen) atoms. The highest BCUT2D eigenvalue weighted by atomic mass is 35.5. The van der Waals surface area contributed by atoms with Crippen molar-refractivity contribution in [2.75, 3.05) is 5.88 Å². The predicted octanol–water partition coefficient (Wildman–Crippen LogP) is 3.19. The Hall–Kier alpha value is -1.49. The lowest BCUT2D eigenvalue weighted by molar-refractivity contribution is 0.0986. The maximum absolute atomic E-state index is 12.4. The van der Waals surface area contributed by atoms with Crippen LogP contribution in [0.4, 0.5) is 8.78 Å². The molecule has 2 aromatic rings. The van der Waals surface area contributed by atoms with Crippen molar-refractivity contribution in [2.45, 2.75) is 6.43 Å². The lowest BCUT2D eigenvalue weighted by Crippen LogP contribution is -1.99. The van der Waals surface area contributed by atoms with Gasteiger partial charge in [0.25, 0.3) is 12.3 Å². The van der Waals surface area contributed by atoms with Crippen molar-refractivity contribution in [1.29, 1.82) is 0 Å². The van der Waals surface area contributed by atoms with E-state index in [1.807, 2.05) is 0 Å². The number of rotatable bonds is 3. The first kappa shape index (κ1) is 11.0. The number of nitrogens with zero attached hydrogens (tertiary/aromatic N) is 1. The van der Waals surface area contributed by atoms with Gasteiger partial charge in [0.05, 0.1) is 5.88 Å². The molecule has 0 saturated carbocycles. The zero-order valence-electron chi connectivity index (χ0n) is 7.91. The van der Waals surface area contributed by atoms with Gasteiger partial charge < -0.3 is 4.42 Å². The molecule has 0 saturated heterocycles. The molecule has 3 nitrogen and oxygen atoms in total. The maximum atomic E-state index is 12.4. The first-order valence-corrected chi connectivity index (χ1v) is 4.93. The number of hydrogen-bond acceptors (Lipinski definition) is 3. The van der Waals surface area contributed by atoms with Crippen LogP contribution in [0.5, 0.6) is 0 Å². The minimum Gasteiger partial charge on any atom is -0.434 e. The molecule has 0 N–H and O–H groups in total. The highest BCUT2D eigenvalue weighted by Crippen LogP contribution is 2.24. The third kappa shape index (κ3) is 1.90. The van der Waals surface area contributed by atoms with Crippen LogP contribution in [0.2, 0.25) is 0 Å². The zero-order valence-corrected chi connectivity index (χ0v) is 8.67. The van der Waals surface area contributed by atoms with Gasteiger partial charge in [-0.1, -0.05) is 0 Å². The Labute approximate surface area is 94.0 Å². The van der Waals surface area contributed by atoms with Crippen LogP contribution in [0, 0.1) is 0 Å². The van der Waals surface area contributed by atoms with Gasteiger partial charge in [0.1, 0.15) is 5.52 Å². The number of benzene rings is 1. The summed E-state index contributed by atoms with van der Waals surface area (Å²) >= 11 is 5.33. The van der Waals surface area contributed by atoms with E-state index in [4.69, 9.17) is 16.0 Å². The van der Waals surface area contributed by atoms with Crippen LogP contribution in [-0.4, -0.2) is 16.6 Å². The molecule has 6 heteroatoms. The summed E-state index contributed by atoms with van der Waals surface area (Å²) in [5.74, 6) is -0.887. The molecule has 0 spiro atoms. The first-order valence-electron chi connectivity index (χ1n) is 4.39. The van der Waals surface area contributed by atoms with Crippen LogP contribution < -0.4 is 0 Å². The van der Waals surface area contributed by atoms with Crippen molar-refractivity contribution >= 4 is 28.5 Å². The third-order valence-corrected chi connectivity index (χ3v) is 2.27. The monoisotopic (exact) mass is 245 g/mol. The fourth-order valence-corrected chi connectivity index (χ4v) is 1.37. The quantitative estimate of drug-likeness (QED) is 0.616. The van der Waals surface area contributed by atoms with Crippen LogP contribution in [0.3, 0.4) is 0 Å². The van der Waals surface area contributed by atoms with Crippen molar-refractivity contribution in [2.24, 2.45) is 0 Å². The number of fused-ring (bicyclic) bond motifs is 1. The molecule has 0 aliphatic carbocycles. The van der Waals surface area contributed by atoms with Gasteiger partial charge in [-0.25, -0.2) is 13.8 Å². The maximum Gasteiger partial charge on any atom is 0.265 e. The van der Waals surface area contributed by atoms with E-state index in [-0.39, 0.29) is 28.4 Å². The number of hydrogen-bond donors (Lipinski definition) is 0. The molecule has 84 valence electrons. The van der Waals surface area contributed by atoms with E-state index in [1.165, 1.54) is 18.2 Å². The number of aromatic nitrogens is 1. The van der Waals surface area contributed by atoms with Crippen molar-refractivity contribution < 1.29 is 18.0 Å². The van der Waals surface area contributed by atoms with E-state index in [9.17, 15) is 13.6 Å². The Morgan fingerprint density at radius 1 is 1.50 bits per heavy atom. The highest BCUT2D eigenvalue weighted by molar-refractivity contribution is 6.29. The zero-order chi connectivity index (χ0) is 11.7. The van der Waals surface area contributed by atoms with Crippen molar-refractivity contribution in [3.8, 4) is 0 Å². The van der Waals surface area contributed by atoms with Gasteiger partial charge in [0.15, 0.2) is 5.58 Å². The molecule has 0 atom stereocenters. The Morgan fingerprint density at radius 3 is 2.88 bits per heavy atom. The molecule has 0 fully saturated rings. The highest BCUT2D eigenvalue weighted by Gasteiger charge is 2.15. The van der Waals surface area contributed by atoms with E-state index in [0.717, 1.165) is 0 Å². The lowest BCUT2D eigenvalue weighted by Gasteiger charge is -1.96. The Bertz CT molecular complexity index is 539. The van der Waals surface area contributed by atoms with Crippen LogP contribution in [0.25, 0.3) is 11.1 Å². The van der Waals surface area contributed by atoms with Crippen LogP contribution >= 0.6 is 11.6 Å². The molecule has 1 aromatic heterocycles. The first-order chi connectivity index (χ1) is 7.61. The van der Waals surface area contributed by atoms with Gasteiger partial charge in [0, 0.05) is 5.56 Å². The van der Waals surface area contributed by atoms with Crippen LogP contribution in [0.1, 0.15) is 22.7 Å². The molecule has 0 amide bonds. The van der Waals surface area contributed by atoms with Crippen LogP contribution in [0.15, 0.2) is 22.6 Å². The summed E-state index contributed by atoms with van der Waals surface area (Å²) in [5.41, 5.74) is 0.356. The molecule has 1 heterocycles. The largest absolute Gasteiger partial charge is 0.434 e. The molecule has 0 radical (unpaired) electrons. The average Bonchev–Trinajstić information content (AvgIpc) is 2.70. The third-order valence-electron chi connectivity index (χ3n) is 2.02. The number of alkyl halides is 3. The van der Waals surface area contributed by atoms with Gasteiger partial charge in [-0.2, -0.15) is 0 Å². The molecule has 0 unspecified atom stereocenters. The fraction of sp³-hybridized carbons (Fsp3) is 0.200. The topological polar surface area (TPSA) is 43.1 Å². The Morgan fingerprint density at radius 2 is 2.25 bits per heavy atom. The summed E-state index contributed by atoms with van der Waals surface area (Å²) in [6, 6.07) is 3.77. The van der Waals surface area contributed by atoms with Gasteiger partial charge in [-0.05, 0) is 18.2 Å². The van der Waals surface area contributed by atoms with Crippen molar-refractivity contribution in [1.82, 2.24) is 4.98 Å². The number of halogens is 3. The van der Waals surface area contributed by atoms with Gasteiger partial charge in [0.2, 0.25) is 5.78 Å². The predicted molar refractivity (Wildman–Crippen MR) is 54.0 cm³/mol. The van der Waals surface area contributed by atoms with Crippen LogP contribution in [-0.2, 0) is 0 Å². The molecule has 2 rings (SSSR count). The molecular weight excluding hydrogens is 240 g/mol. The summed E-state index contributed by atoms with van der Waals surface area (Å²) in [4.78, 5) is 15.0. The minimum atomic E-state index is -2.58. The van der Waals surface area contributed by atoms with E-state index in [1.54, 1.807) is 0 Å². The lowest BCUT2D eigenvalue weighted by atomic mass is 10.2. The average molecular weight is 246 g/mol. The summed E-state index contributed by atoms with van der Waals surface area (Å²) in [6.45, 7) is 0. The van der Waals surface area contributed by atoms with Gasteiger partial charge >= 0.3 is 0 Å². The number of carbonyl (C=O) groups excluding carboxylic acids is 1. The SMILES string of the molecule is O=C(CCl)c1nc2cc(C(F)F)ccc2o1. The summed E-state index contributed by atoms with van der Waals surface area (Å²) in [7, 11) is 0. The van der Waals surface area contributed by atoms with Crippen molar-refractivity contribution in [3.63, 3.8) is 0 Å². The van der Waals surface area contributed by atoms with E-state index < -0.39 is 12.2 Å². The standard InChI is InChI=1S/C10H6ClF2NO2/c11-4-7(15)10-14-6-3-5(9(12)13)1-2-8(6)16-10/h1-3,9H,4H2. The van der Waals surface area contributed by atoms with E-state index in [2.05, 4.69) is 4.98 Å².